The van der Waals surface area contributed by atoms with Crippen LogP contribution in [0.1, 0.15) is 91.4 Å². The van der Waals surface area contributed by atoms with Crippen molar-refractivity contribution >= 4 is 17.6 Å². The highest BCUT2D eigenvalue weighted by atomic mass is 16.5. The number of ether oxygens (including phenoxy) is 1. The molecular weight excluding hydrogens is 420 g/mol. The molecule has 180 valence electrons. The van der Waals surface area contributed by atoms with Gasteiger partial charge in [0.15, 0.2) is 0 Å². The summed E-state index contributed by atoms with van der Waals surface area (Å²) in [7, 11) is 0. The number of benzene rings is 2. The molecule has 4 aliphatic carbocycles. The summed E-state index contributed by atoms with van der Waals surface area (Å²) in [5.74, 6) is 2.47. The van der Waals surface area contributed by atoms with Crippen LogP contribution in [0, 0.1) is 17.8 Å². The number of rotatable bonds is 8. The van der Waals surface area contributed by atoms with E-state index in [-0.39, 0.29) is 12.6 Å². The lowest BCUT2D eigenvalue weighted by Crippen LogP contribution is -2.49. The maximum atomic E-state index is 12.0. The first-order valence-corrected chi connectivity index (χ1v) is 13.2. The molecule has 1 N–H and O–H groups in total. The lowest BCUT2D eigenvalue weighted by atomic mass is 9.47. The summed E-state index contributed by atoms with van der Waals surface area (Å²) in [6.45, 7) is 4.65. The van der Waals surface area contributed by atoms with Crippen molar-refractivity contribution in [3.63, 3.8) is 0 Å². The van der Waals surface area contributed by atoms with Gasteiger partial charge >= 0.3 is 5.97 Å². The van der Waals surface area contributed by atoms with Crippen molar-refractivity contribution < 1.29 is 14.6 Å². The number of carbonyl (C=O) groups is 1. The summed E-state index contributed by atoms with van der Waals surface area (Å²) in [6, 6.07) is 14.7. The number of esters is 1. The minimum Gasteiger partial charge on any atom is -0.462 e. The van der Waals surface area contributed by atoms with Gasteiger partial charge in [-0.25, -0.2) is 4.79 Å². The molecule has 0 atom stereocenters. The molecule has 2 aromatic rings. The molecule has 4 saturated carbocycles. The van der Waals surface area contributed by atoms with Crippen LogP contribution in [0.25, 0.3) is 11.6 Å². The predicted octanol–water partition coefficient (Wildman–Crippen LogP) is 6.82. The van der Waals surface area contributed by atoms with Crippen molar-refractivity contribution in [1.29, 1.82) is 0 Å². The van der Waals surface area contributed by atoms with Gasteiger partial charge in [0.1, 0.15) is 0 Å². The van der Waals surface area contributed by atoms with Crippen molar-refractivity contribution in [3.8, 4) is 0 Å². The van der Waals surface area contributed by atoms with Crippen molar-refractivity contribution in [2.45, 2.75) is 70.6 Å². The second-order valence-corrected chi connectivity index (χ2v) is 11.1. The third-order valence-electron chi connectivity index (χ3n) is 8.58. The molecule has 0 aromatic heterocycles. The van der Waals surface area contributed by atoms with Gasteiger partial charge in [0.05, 0.1) is 12.2 Å². The van der Waals surface area contributed by atoms with E-state index in [1.807, 2.05) is 31.2 Å². The van der Waals surface area contributed by atoms with Crippen LogP contribution in [0.3, 0.4) is 0 Å². The Bertz CT molecular complexity index is 1030. The molecule has 0 saturated heterocycles. The molecule has 4 fully saturated rings. The Morgan fingerprint density at radius 3 is 2.21 bits per heavy atom. The van der Waals surface area contributed by atoms with Crippen LogP contribution in [0.4, 0.5) is 0 Å². The minimum atomic E-state index is -0.270. The van der Waals surface area contributed by atoms with E-state index in [1.54, 1.807) is 5.56 Å². The van der Waals surface area contributed by atoms with Gasteiger partial charge in [0.25, 0.3) is 0 Å². The van der Waals surface area contributed by atoms with E-state index in [9.17, 15) is 9.90 Å². The van der Waals surface area contributed by atoms with Crippen LogP contribution < -0.4 is 0 Å². The molecule has 3 heteroatoms. The second kappa shape index (κ2) is 9.70. The molecule has 0 amide bonds. The molecule has 0 unspecified atom stereocenters. The lowest BCUT2D eigenvalue weighted by molar-refractivity contribution is -0.00561. The number of aryl methyl sites for hydroxylation is 1. The molecule has 4 bridgehead atoms. The highest BCUT2D eigenvalue weighted by Gasteiger charge is 2.52. The largest absolute Gasteiger partial charge is 0.462 e. The monoisotopic (exact) mass is 458 g/mol. The maximum Gasteiger partial charge on any atom is 0.338 e. The average Bonchev–Trinajstić information content (AvgIpc) is 2.82. The molecule has 6 rings (SSSR count). The van der Waals surface area contributed by atoms with Crippen molar-refractivity contribution in [2.24, 2.45) is 17.8 Å². The first-order valence-electron chi connectivity index (χ1n) is 13.2. The Balaban J connectivity index is 1.45. The van der Waals surface area contributed by atoms with Crippen LogP contribution in [-0.4, -0.2) is 24.3 Å². The van der Waals surface area contributed by atoms with E-state index in [1.165, 1.54) is 55.2 Å². The van der Waals surface area contributed by atoms with Crippen molar-refractivity contribution in [2.75, 3.05) is 13.2 Å². The third-order valence-corrected chi connectivity index (χ3v) is 8.58. The summed E-state index contributed by atoms with van der Waals surface area (Å²) < 4.78 is 5.10. The molecule has 0 aliphatic heterocycles. The first-order chi connectivity index (χ1) is 16.5. The zero-order valence-electron chi connectivity index (χ0n) is 20.7. The zero-order valence-corrected chi connectivity index (χ0v) is 20.7. The van der Waals surface area contributed by atoms with E-state index in [0.717, 1.165) is 36.2 Å². The maximum absolute atomic E-state index is 12.0. The van der Waals surface area contributed by atoms with E-state index in [4.69, 9.17) is 4.74 Å². The number of hydrogen-bond acceptors (Lipinski definition) is 3. The van der Waals surface area contributed by atoms with Crippen molar-refractivity contribution in [1.82, 2.24) is 0 Å². The van der Waals surface area contributed by atoms with Crippen LogP contribution in [0.2, 0.25) is 0 Å². The fourth-order valence-electron chi connectivity index (χ4n) is 7.51. The lowest BCUT2D eigenvalue weighted by Gasteiger charge is -2.57. The molecule has 4 aliphatic rings. The molecule has 34 heavy (non-hydrogen) atoms. The summed E-state index contributed by atoms with van der Waals surface area (Å²) in [6.07, 6.45) is 12.4. The van der Waals surface area contributed by atoms with Gasteiger partial charge in [0, 0.05) is 6.61 Å². The van der Waals surface area contributed by atoms with Gasteiger partial charge in [-0.05, 0) is 128 Å². The van der Waals surface area contributed by atoms with Gasteiger partial charge < -0.3 is 9.84 Å². The average molecular weight is 459 g/mol. The highest BCUT2D eigenvalue weighted by molar-refractivity contribution is 5.90. The van der Waals surface area contributed by atoms with Gasteiger partial charge in [-0.2, -0.15) is 0 Å². The quantitative estimate of drug-likeness (QED) is 0.349. The van der Waals surface area contributed by atoms with Crippen LogP contribution in [0.15, 0.2) is 42.5 Å². The first kappa shape index (κ1) is 23.4. The number of aliphatic hydroxyl groups excluding tert-OH is 1. The van der Waals surface area contributed by atoms with Gasteiger partial charge in [0.2, 0.25) is 0 Å². The Kier molecular flexibility index (Phi) is 6.66. The SMILES string of the molecule is CCOC(=O)c1ccc(/C=C(\C)c2ccc(CCCO)c(C34CC5CC(CC(C5)C3)C4)c2)cc1. The van der Waals surface area contributed by atoms with Gasteiger partial charge in [-0.3, -0.25) is 0 Å². The molecule has 0 radical (unpaired) electrons. The fourth-order valence-corrected chi connectivity index (χ4v) is 7.51. The van der Waals surface area contributed by atoms with E-state index < -0.39 is 0 Å². The number of carbonyl (C=O) groups excluding carboxylic acids is 1. The topological polar surface area (TPSA) is 46.5 Å². The van der Waals surface area contributed by atoms with Crippen LogP contribution >= 0.6 is 0 Å². The Labute approximate surface area is 204 Å². The number of allylic oxidation sites excluding steroid dienone is 1. The number of hydrogen-bond donors (Lipinski definition) is 1. The predicted molar refractivity (Wildman–Crippen MR) is 138 cm³/mol. The third kappa shape index (κ3) is 4.60. The van der Waals surface area contributed by atoms with Gasteiger partial charge in [-0.15, -0.1) is 0 Å². The molecule has 2 aromatic carbocycles. The molecule has 0 heterocycles. The number of aliphatic hydroxyl groups is 1. The highest BCUT2D eigenvalue weighted by Crippen LogP contribution is 2.61. The van der Waals surface area contributed by atoms with E-state index >= 15 is 0 Å². The van der Waals surface area contributed by atoms with Crippen molar-refractivity contribution in [3.05, 3.63) is 70.3 Å². The molecule has 3 nitrogen and oxygen atoms in total. The summed E-state index contributed by atoms with van der Waals surface area (Å²) in [5.41, 5.74) is 7.57. The fraction of sp³-hybridized carbons (Fsp3) is 0.516. The van der Waals surface area contributed by atoms with Gasteiger partial charge in [-0.1, -0.05) is 36.4 Å². The Morgan fingerprint density at radius 2 is 1.62 bits per heavy atom. The molecular formula is C31H38O3. The normalized spacial score (nSPS) is 27.7. The standard InChI is InChI=1S/C31H38O3/c1-3-34-30(33)27-8-6-22(7-9-27)13-21(2)28-11-10-26(5-4-12-32)29(17-28)31-18-23-14-24(19-31)16-25(15-23)20-31/h6-11,13,17,23-25,32H,3-5,12,14-16,18-20H2,1-2H3/b21-13+. The Hall–Kier alpha value is -2.39. The summed E-state index contributed by atoms with van der Waals surface area (Å²) in [4.78, 5) is 12.0. The van der Waals surface area contributed by atoms with Crippen LogP contribution in [-0.2, 0) is 16.6 Å². The minimum absolute atomic E-state index is 0.253. The van der Waals surface area contributed by atoms with E-state index in [0.29, 0.717) is 17.6 Å². The Morgan fingerprint density at radius 1 is 1.00 bits per heavy atom. The van der Waals surface area contributed by atoms with E-state index in [2.05, 4.69) is 31.2 Å². The smallest absolute Gasteiger partial charge is 0.338 e. The second-order valence-electron chi connectivity index (χ2n) is 11.1. The van der Waals surface area contributed by atoms with Crippen LogP contribution in [0.5, 0.6) is 0 Å². The zero-order chi connectivity index (χ0) is 23.7. The summed E-state index contributed by atoms with van der Waals surface area (Å²) in [5, 5.41) is 9.51. The summed E-state index contributed by atoms with van der Waals surface area (Å²) >= 11 is 0. The molecule has 0 spiro atoms.